The van der Waals surface area contributed by atoms with Crippen molar-refractivity contribution in [3.8, 4) is 11.4 Å². The molecule has 186 valence electrons. The first-order valence-electron chi connectivity index (χ1n) is 10.4. The molecule has 0 radical (unpaired) electrons. The van der Waals surface area contributed by atoms with Crippen LogP contribution in [-0.4, -0.2) is 27.1 Å². The van der Waals surface area contributed by atoms with Crippen molar-refractivity contribution in [1.29, 1.82) is 0 Å². The number of anilines is 2. The van der Waals surface area contributed by atoms with E-state index in [1.54, 1.807) is 29.1 Å². The topological polar surface area (TPSA) is 104 Å². The number of aryl methyl sites for hydroxylation is 1. The van der Waals surface area contributed by atoms with Crippen molar-refractivity contribution in [2.24, 2.45) is 5.73 Å². The molecule has 0 aliphatic carbocycles. The van der Waals surface area contributed by atoms with Gasteiger partial charge in [-0.15, -0.1) is 0 Å². The summed E-state index contributed by atoms with van der Waals surface area (Å²) in [6, 6.07) is 5.87. The van der Waals surface area contributed by atoms with Crippen LogP contribution in [0.2, 0.25) is 5.02 Å². The highest BCUT2D eigenvalue weighted by atomic mass is 35.5. The number of nitrogens with two attached hydrogens (primary N) is 1. The molecule has 36 heavy (non-hydrogen) atoms. The number of amides is 1. The van der Waals surface area contributed by atoms with E-state index >= 15 is 0 Å². The fourth-order valence-electron chi connectivity index (χ4n) is 3.72. The zero-order chi connectivity index (χ0) is 26.1. The lowest BCUT2D eigenvalue weighted by atomic mass is 10.0. The van der Waals surface area contributed by atoms with Gasteiger partial charge in [0.05, 0.1) is 29.8 Å². The van der Waals surface area contributed by atoms with Gasteiger partial charge in [-0.3, -0.25) is 14.2 Å². The molecule has 2 aromatic carbocycles. The van der Waals surface area contributed by atoms with E-state index in [0.29, 0.717) is 29.3 Å². The number of primary amides is 1. The second kappa shape index (κ2) is 9.78. The Bertz CT molecular complexity index is 1510. The Morgan fingerprint density at radius 1 is 1.14 bits per heavy atom. The smallest absolute Gasteiger partial charge is 0.275 e. The van der Waals surface area contributed by atoms with Crippen molar-refractivity contribution in [3.63, 3.8) is 0 Å². The Labute approximate surface area is 207 Å². The highest BCUT2D eigenvalue weighted by Gasteiger charge is 2.26. The highest BCUT2D eigenvalue weighted by Crippen LogP contribution is 2.29. The highest BCUT2D eigenvalue weighted by molar-refractivity contribution is 6.30. The summed E-state index contributed by atoms with van der Waals surface area (Å²) in [6.07, 6.45) is 4.53. The summed E-state index contributed by atoms with van der Waals surface area (Å²) < 4.78 is 49.2. The third kappa shape index (κ3) is 4.78. The molecule has 12 heteroatoms. The summed E-state index contributed by atoms with van der Waals surface area (Å²) >= 11 is 6.18. The number of methoxy groups -OCH3 is 1. The van der Waals surface area contributed by atoms with Crippen LogP contribution in [0.1, 0.15) is 17.3 Å². The lowest BCUT2D eigenvalue weighted by Crippen LogP contribution is -2.35. The van der Waals surface area contributed by atoms with Gasteiger partial charge < -0.3 is 20.4 Å². The van der Waals surface area contributed by atoms with E-state index in [4.69, 9.17) is 22.1 Å². The number of pyridine rings is 1. The maximum Gasteiger partial charge on any atom is 0.275 e. The third-order valence-corrected chi connectivity index (χ3v) is 5.53. The zero-order valence-electron chi connectivity index (χ0n) is 18.9. The van der Waals surface area contributed by atoms with Gasteiger partial charge in [0, 0.05) is 24.1 Å². The molecule has 1 unspecified atom stereocenters. The first-order valence-corrected chi connectivity index (χ1v) is 10.8. The van der Waals surface area contributed by atoms with Crippen molar-refractivity contribution in [1.82, 2.24) is 14.1 Å². The number of nitrogens with zero attached hydrogens (tertiary/aromatic N) is 3. The summed E-state index contributed by atoms with van der Waals surface area (Å²) in [5.41, 5.74) is 6.18. The number of halogens is 4. The number of rotatable bonds is 7. The van der Waals surface area contributed by atoms with E-state index in [-0.39, 0.29) is 16.3 Å². The van der Waals surface area contributed by atoms with Gasteiger partial charge in [0.2, 0.25) is 5.91 Å². The monoisotopic (exact) mass is 517 g/mol. The molecule has 0 aliphatic heterocycles. The van der Waals surface area contributed by atoms with Crippen LogP contribution < -0.4 is 21.3 Å². The summed E-state index contributed by atoms with van der Waals surface area (Å²) in [6.45, 7) is 1.84. The lowest BCUT2D eigenvalue weighted by molar-refractivity contribution is -0.120. The second-order valence-electron chi connectivity index (χ2n) is 7.82. The van der Waals surface area contributed by atoms with Crippen molar-refractivity contribution < 1.29 is 22.7 Å². The van der Waals surface area contributed by atoms with Gasteiger partial charge in [-0.25, -0.2) is 18.2 Å². The number of carbonyl (C=O) groups is 1. The fraction of sp³-hybridized carbons (Fsp3) is 0.125. The predicted octanol–water partition coefficient (Wildman–Crippen LogP) is 4.24. The van der Waals surface area contributed by atoms with Crippen LogP contribution in [0.25, 0.3) is 5.69 Å². The molecule has 0 bridgehead atoms. The van der Waals surface area contributed by atoms with Crippen molar-refractivity contribution in [2.75, 3.05) is 12.4 Å². The van der Waals surface area contributed by atoms with Crippen LogP contribution in [-0.2, 0) is 4.79 Å². The SMILES string of the molecule is COc1cc(Nc2cc(Cl)cn(C(C(N)=O)c3cc(F)c(F)c(F)c3)c2=O)ccc1-n1cnc(C)c1. The molecule has 3 N–H and O–H groups in total. The average Bonchev–Trinajstić information content (AvgIpc) is 3.26. The number of benzene rings is 2. The number of imidazole rings is 1. The Kier molecular flexibility index (Phi) is 6.75. The van der Waals surface area contributed by atoms with Gasteiger partial charge in [-0.1, -0.05) is 11.6 Å². The van der Waals surface area contributed by atoms with Gasteiger partial charge >= 0.3 is 0 Å². The predicted molar refractivity (Wildman–Crippen MR) is 127 cm³/mol. The van der Waals surface area contributed by atoms with E-state index in [9.17, 15) is 22.8 Å². The lowest BCUT2D eigenvalue weighted by Gasteiger charge is -2.19. The molecule has 2 heterocycles. The first kappa shape index (κ1) is 24.9. The zero-order valence-corrected chi connectivity index (χ0v) is 19.7. The fourth-order valence-corrected chi connectivity index (χ4v) is 3.94. The molecule has 0 saturated heterocycles. The normalized spacial score (nSPS) is 11.8. The van der Waals surface area contributed by atoms with Crippen LogP contribution in [0.5, 0.6) is 5.75 Å². The molecular weight excluding hydrogens is 499 g/mol. The summed E-state index contributed by atoms with van der Waals surface area (Å²) in [4.78, 5) is 29.7. The van der Waals surface area contributed by atoms with E-state index < -0.39 is 35.0 Å². The van der Waals surface area contributed by atoms with Gasteiger partial charge in [-0.2, -0.15) is 0 Å². The molecule has 1 atom stereocenters. The minimum absolute atomic E-state index is 0.0175. The first-order chi connectivity index (χ1) is 17.1. The molecule has 4 aromatic rings. The minimum Gasteiger partial charge on any atom is -0.494 e. The molecule has 2 aromatic heterocycles. The molecule has 4 rings (SSSR count). The summed E-state index contributed by atoms with van der Waals surface area (Å²) in [7, 11) is 1.48. The van der Waals surface area contributed by atoms with Crippen LogP contribution in [0.4, 0.5) is 24.5 Å². The number of hydrogen-bond acceptors (Lipinski definition) is 5. The minimum atomic E-state index is -1.72. The van der Waals surface area contributed by atoms with E-state index in [1.165, 1.54) is 13.2 Å². The maximum atomic E-state index is 13.8. The second-order valence-corrected chi connectivity index (χ2v) is 8.26. The van der Waals surface area contributed by atoms with Crippen molar-refractivity contribution in [2.45, 2.75) is 13.0 Å². The quantitative estimate of drug-likeness (QED) is 0.357. The largest absolute Gasteiger partial charge is 0.494 e. The van der Waals surface area contributed by atoms with Crippen LogP contribution >= 0.6 is 11.6 Å². The standard InChI is InChI=1S/C24H19ClF3N5O3/c1-12-9-32(11-30-12)19-4-3-15(8-20(19)36-2)31-18-7-14(25)10-33(24(18)35)22(23(29)34)13-5-16(26)21(28)17(27)6-13/h3-11,22,31H,1-2H3,(H2,29,34). The van der Waals surface area contributed by atoms with Crippen molar-refractivity contribution in [3.05, 3.63) is 99.2 Å². The third-order valence-electron chi connectivity index (χ3n) is 5.33. The number of aromatic nitrogens is 3. The van der Waals surface area contributed by atoms with Crippen LogP contribution in [0.15, 0.2) is 59.9 Å². The average molecular weight is 518 g/mol. The van der Waals surface area contributed by atoms with E-state index in [0.717, 1.165) is 16.5 Å². The van der Waals surface area contributed by atoms with Gasteiger partial charge in [-0.05, 0) is 42.8 Å². The number of hydrogen-bond donors (Lipinski definition) is 2. The summed E-state index contributed by atoms with van der Waals surface area (Å²) in [5, 5.41) is 2.92. The summed E-state index contributed by atoms with van der Waals surface area (Å²) in [5.74, 6) is -5.44. The van der Waals surface area contributed by atoms with Crippen LogP contribution in [0.3, 0.4) is 0 Å². The van der Waals surface area contributed by atoms with Gasteiger partial charge in [0.15, 0.2) is 17.5 Å². The Hall–Kier alpha value is -4.25. The van der Waals surface area contributed by atoms with Gasteiger partial charge in [0.1, 0.15) is 17.5 Å². The molecule has 0 saturated carbocycles. The molecule has 0 aliphatic rings. The van der Waals surface area contributed by atoms with Crippen LogP contribution in [0, 0.1) is 24.4 Å². The van der Waals surface area contributed by atoms with E-state index in [2.05, 4.69) is 10.3 Å². The molecule has 0 fully saturated rings. The number of carbonyl (C=O) groups excluding carboxylic acids is 1. The molecule has 8 nitrogen and oxygen atoms in total. The van der Waals surface area contributed by atoms with Gasteiger partial charge in [0.25, 0.3) is 5.56 Å². The Morgan fingerprint density at radius 2 is 1.83 bits per heavy atom. The molecule has 0 spiro atoms. The number of nitrogens with one attached hydrogen (secondary N) is 1. The molecular formula is C24H19ClF3N5O3. The number of ether oxygens (including phenoxy) is 1. The van der Waals surface area contributed by atoms with E-state index in [1.807, 2.05) is 13.1 Å². The van der Waals surface area contributed by atoms with Crippen molar-refractivity contribution >= 4 is 28.9 Å². The molecule has 1 amide bonds. The maximum absolute atomic E-state index is 13.8. The Balaban J connectivity index is 1.76. The Morgan fingerprint density at radius 3 is 2.42 bits per heavy atom.